The van der Waals surface area contributed by atoms with Crippen molar-refractivity contribution in [2.45, 2.75) is 24.4 Å². The molecule has 0 radical (unpaired) electrons. The lowest BCUT2D eigenvalue weighted by Crippen LogP contribution is -2.38. The van der Waals surface area contributed by atoms with Crippen molar-refractivity contribution < 1.29 is 12.8 Å². The summed E-state index contributed by atoms with van der Waals surface area (Å²) in [4.78, 5) is 8.61. The number of nitrogens with one attached hydrogen (secondary N) is 2. The van der Waals surface area contributed by atoms with E-state index < -0.39 is 10.0 Å². The quantitative estimate of drug-likeness (QED) is 0.830. The number of benzene rings is 1. The number of rotatable bonds is 6. The Bertz CT molecular complexity index is 756. The molecule has 0 atom stereocenters. The number of aromatic nitrogens is 2. The van der Waals surface area contributed by atoms with Gasteiger partial charge < -0.3 is 4.98 Å². The Balaban J connectivity index is 1.45. The van der Waals surface area contributed by atoms with Gasteiger partial charge in [0, 0.05) is 13.1 Å². The van der Waals surface area contributed by atoms with Gasteiger partial charge in [-0.15, -0.1) is 0 Å². The summed E-state index contributed by atoms with van der Waals surface area (Å²) < 4.78 is 39.9. The summed E-state index contributed by atoms with van der Waals surface area (Å²) in [6.07, 6.45) is 4.48. The summed E-state index contributed by atoms with van der Waals surface area (Å²) in [7, 11) is -3.51. The number of hydrogen-bond acceptors (Lipinski definition) is 4. The molecule has 0 bridgehead atoms. The maximum Gasteiger partial charge on any atom is 0.257 e. The first-order valence-electron chi connectivity index (χ1n) is 7.98. The Morgan fingerprint density at radius 3 is 2.79 bits per heavy atom. The van der Waals surface area contributed by atoms with Gasteiger partial charge in [-0.25, -0.2) is 22.5 Å². The van der Waals surface area contributed by atoms with Crippen LogP contribution in [0.15, 0.2) is 41.8 Å². The zero-order chi connectivity index (χ0) is 17.0. The van der Waals surface area contributed by atoms with E-state index in [1.165, 1.54) is 18.6 Å². The van der Waals surface area contributed by atoms with Gasteiger partial charge in [-0.05, 0) is 49.5 Å². The molecule has 1 fully saturated rings. The maximum atomic E-state index is 13.2. The number of aromatic amines is 1. The van der Waals surface area contributed by atoms with Gasteiger partial charge in [-0.3, -0.25) is 4.90 Å². The van der Waals surface area contributed by atoms with E-state index in [1.54, 1.807) is 12.1 Å². The van der Waals surface area contributed by atoms with Crippen LogP contribution in [0.2, 0.25) is 0 Å². The van der Waals surface area contributed by atoms with E-state index in [0.29, 0.717) is 12.5 Å². The van der Waals surface area contributed by atoms with Gasteiger partial charge in [-0.1, -0.05) is 12.1 Å². The number of likely N-dealkylation sites (tertiary alicyclic amines) is 1. The molecule has 6 nitrogen and oxygen atoms in total. The van der Waals surface area contributed by atoms with Gasteiger partial charge in [0.15, 0.2) is 5.03 Å². The number of nitrogens with zero attached hydrogens (tertiary/aromatic N) is 2. The van der Waals surface area contributed by atoms with Crippen LogP contribution in [0.5, 0.6) is 0 Å². The smallest absolute Gasteiger partial charge is 0.257 e. The number of piperidine rings is 1. The van der Waals surface area contributed by atoms with Gasteiger partial charge in [0.2, 0.25) is 0 Å². The molecule has 2 N–H and O–H groups in total. The molecule has 0 saturated carbocycles. The van der Waals surface area contributed by atoms with E-state index in [9.17, 15) is 12.8 Å². The normalized spacial score (nSPS) is 17.2. The highest BCUT2D eigenvalue weighted by molar-refractivity contribution is 7.89. The highest BCUT2D eigenvalue weighted by Crippen LogP contribution is 2.19. The average Bonchev–Trinajstić information content (AvgIpc) is 3.10. The third-order valence-electron chi connectivity index (χ3n) is 4.33. The minimum atomic E-state index is -3.51. The van der Waals surface area contributed by atoms with Gasteiger partial charge in [-0.2, -0.15) is 0 Å². The number of halogens is 1. The molecule has 2 aromatic rings. The molecule has 0 amide bonds. The second-order valence-electron chi connectivity index (χ2n) is 6.12. The fourth-order valence-electron chi connectivity index (χ4n) is 2.94. The highest BCUT2D eigenvalue weighted by atomic mass is 32.2. The minimum absolute atomic E-state index is 0.0889. The molecule has 24 heavy (non-hydrogen) atoms. The van der Waals surface area contributed by atoms with Crippen molar-refractivity contribution in [3.8, 4) is 0 Å². The summed E-state index contributed by atoms with van der Waals surface area (Å²) in [5.74, 6) is 0.0991. The topological polar surface area (TPSA) is 78.1 Å². The van der Waals surface area contributed by atoms with Crippen LogP contribution >= 0.6 is 0 Å². The van der Waals surface area contributed by atoms with Crippen molar-refractivity contribution in [3.63, 3.8) is 0 Å². The molecule has 0 spiro atoms. The zero-order valence-electron chi connectivity index (χ0n) is 13.3. The van der Waals surface area contributed by atoms with Crippen molar-refractivity contribution in [2.24, 2.45) is 5.92 Å². The monoisotopic (exact) mass is 352 g/mol. The number of H-pyrrole nitrogens is 1. The standard InChI is InChI=1S/C16H21FN4O2S/c17-15-3-1-2-14(8-15)11-21-6-4-13(5-7-21)9-20-24(22,23)16-10-18-12-19-16/h1-3,8,10,12-13,20H,4-7,9,11H2,(H,18,19). The summed E-state index contributed by atoms with van der Waals surface area (Å²) in [6, 6.07) is 6.65. The summed E-state index contributed by atoms with van der Waals surface area (Å²) in [5.41, 5.74) is 0.966. The van der Waals surface area contributed by atoms with Crippen molar-refractivity contribution in [1.82, 2.24) is 19.6 Å². The Kier molecular flexibility index (Phi) is 5.27. The highest BCUT2D eigenvalue weighted by Gasteiger charge is 2.22. The van der Waals surface area contributed by atoms with E-state index >= 15 is 0 Å². The van der Waals surface area contributed by atoms with Crippen molar-refractivity contribution >= 4 is 10.0 Å². The Labute approximate surface area is 141 Å². The SMILES string of the molecule is O=S(=O)(NCC1CCN(Cc2cccc(F)c2)CC1)c1cnc[nH]1. The molecule has 1 aliphatic heterocycles. The zero-order valence-corrected chi connectivity index (χ0v) is 14.1. The Morgan fingerprint density at radius 2 is 2.12 bits per heavy atom. The molecule has 130 valence electrons. The molecule has 1 aromatic heterocycles. The number of hydrogen-bond donors (Lipinski definition) is 2. The first-order valence-corrected chi connectivity index (χ1v) is 9.46. The predicted octanol–water partition coefficient (Wildman–Crippen LogP) is 1.74. The molecular formula is C16H21FN4O2S. The predicted molar refractivity (Wildman–Crippen MR) is 88.2 cm³/mol. The van der Waals surface area contributed by atoms with Crippen LogP contribution in [-0.2, 0) is 16.6 Å². The lowest BCUT2D eigenvalue weighted by molar-refractivity contribution is 0.178. The van der Waals surface area contributed by atoms with E-state index in [0.717, 1.165) is 38.0 Å². The van der Waals surface area contributed by atoms with E-state index in [-0.39, 0.29) is 10.8 Å². The molecule has 3 rings (SSSR count). The first kappa shape index (κ1) is 17.1. The molecule has 0 unspecified atom stereocenters. The van der Waals surface area contributed by atoms with Crippen LogP contribution in [0.4, 0.5) is 4.39 Å². The van der Waals surface area contributed by atoms with Crippen LogP contribution in [0.3, 0.4) is 0 Å². The molecule has 1 aliphatic rings. The summed E-state index contributed by atoms with van der Waals surface area (Å²) in [5, 5.41) is 0.0889. The maximum absolute atomic E-state index is 13.2. The number of imidazole rings is 1. The molecule has 0 aliphatic carbocycles. The Hall–Kier alpha value is -1.77. The average molecular weight is 352 g/mol. The van der Waals surface area contributed by atoms with Gasteiger partial charge >= 0.3 is 0 Å². The third-order valence-corrected chi connectivity index (χ3v) is 5.68. The second-order valence-corrected chi connectivity index (χ2v) is 7.85. The molecular weight excluding hydrogens is 331 g/mol. The lowest BCUT2D eigenvalue weighted by atomic mass is 9.97. The molecule has 1 aromatic carbocycles. The van der Waals surface area contributed by atoms with Gasteiger partial charge in [0.05, 0.1) is 12.5 Å². The third kappa shape index (κ3) is 4.40. The van der Waals surface area contributed by atoms with Crippen LogP contribution in [0.25, 0.3) is 0 Å². The number of sulfonamides is 1. The van der Waals surface area contributed by atoms with Crippen LogP contribution in [0, 0.1) is 11.7 Å². The molecule has 1 saturated heterocycles. The van der Waals surface area contributed by atoms with Crippen molar-refractivity contribution in [3.05, 3.63) is 48.2 Å². The van der Waals surface area contributed by atoms with E-state index in [1.807, 2.05) is 6.07 Å². The van der Waals surface area contributed by atoms with E-state index in [2.05, 4.69) is 19.6 Å². The summed E-state index contributed by atoms with van der Waals surface area (Å²) in [6.45, 7) is 2.92. The molecule has 8 heteroatoms. The van der Waals surface area contributed by atoms with Gasteiger partial charge in [0.1, 0.15) is 5.82 Å². The first-order chi connectivity index (χ1) is 11.5. The van der Waals surface area contributed by atoms with Crippen LogP contribution in [-0.4, -0.2) is 42.9 Å². The fraction of sp³-hybridized carbons (Fsp3) is 0.438. The molecule has 2 heterocycles. The lowest BCUT2D eigenvalue weighted by Gasteiger charge is -2.32. The largest absolute Gasteiger partial charge is 0.335 e. The van der Waals surface area contributed by atoms with Crippen LogP contribution in [0.1, 0.15) is 18.4 Å². The minimum Gasteiger partial charge on any atom is -0.335 e. The summed E-state index contributed by atoms with van der Waals surface area (Å²) >= 11 is 0. The van der Waals surface area contributed by atoms with Crippen LogP contribution < -0.4 is 4.72 Å². The second kappa shape index (κ2) is 7.42. The van der Waals surface area contributed by atoms with Crippen molar-refractivity contribution in [1.29, 1.82) is 0 Å². The fourth-order valence-corrected chi connectivity index (χ4v) is 3.96. The van der Waals surface area contributed by atoms with E-state index in [4.69, 9.17) is 0 Å². The Morgan fingerprint density at radius 1 is 1.33 bits per heavy atom. The van der Waals surface area contributed by atoms with Crippen molar-refractivity contribution in [2.75, 3.05) is 19.6 Å². The van der Waals surface area contributed by atoms with Gasteiger partial charge in [0.25, 0.3) is 10.0 Å².